The Morgan fingerprint density at radius 2 is 1.81 bits per heavy atom. The van der Waals surface area contributed by atoms with Gasteiger partial charge in [-0.2, -0.15) is 0 Å². The Bertz CT molecular complexity index is 878. The van der Waals surface area contributed by atoms with Gasteiger partial charge in [0.25, 0.3) is 0 Å². The van der Waals surface area contributed by atoms with E-state index in [1.165, 1.54) is 11.8 Å². The fourth-order valence-electron chi connectivity index (χ4n) is 2.90. The normalized spacial score (nSPS) is 16.7. The number of hydrogen-bond donors (Lipinski definition) is 1. The van der Waals surface area contributed by atoms with Gasteiger partial charge in [0.2, 0.25) is 11.8 Å². The number of benzene rings is 2. The Morgan fingerprint density at radius 3 is 2.46 bits per heavy atom. The van der Waals surface area contributed by atoms with Gasteiger partial charge in [-0.1, -0.05) is 35.3 Å². The van der Waals surface area contributed by atoms with Crippen molar-refractivity contribution in [1.82, 2.24) is 0 Å². The van der Waals surface area contributed by atoms with Gasteiger partial charge in [0, 0.05) is 39.9 Å². The van der Waals surface area contributed by atoms with Crippen LogP contribution < -0.4 is 10.2 Å². The summed E-state index contributed by atoms with van der Waals surface area (Å²) in [6, 6.07) is 11.6. The minimum absolute atomic E-state index is 0.0781. The van der Waals surface area contributed by atoms with Crippen molar-refractivity contribution >= 4 is 52.2 Å². The zero-order valence-corrected chi connectivity index (χ0v) is 15.5. The topological polar surface area (TPSA) is 66.5 Å². The molecule has 1 unspecified atom stereocenters. The number of carbonyl (C=O) groups is 3. The lowest BCUT2D eigenvalue weighted by Crippen LogP contribution is -2.28. The molecule has 0 bridgehead atoms. The number of carbonyl (C=O) groups excluding carboxylic acids is 3. The summed E-state index contributed by atoms with van der Waals surface area (Å²) in [4.78, 5) is 37.9. The third-order valence-electron chi connectivity index (χ3n) is 4.19. The van der Waals surface area contributed by atoms with E-state index in [9.17, 15) is 14.4 Å². The highest BCUT2D eigenvalue weighted by molar-refractivity contribution is 6.35. The monoisotopic (exact) mass is 390 g/mol. The van der Waals surface area contributed by atoms with Crippen LogP contribution in [0.1, 0.15) is 23.7 Å². The predicted octanol–water partition coefficient (Wildman–Crippen LogP) is 4.19. The van der Waals surface area contributed by atoms with Gasteiger partial charge in [-0.05, 0) is 37.3 Å². The molecule has 0 spiro atoms. The van der Waals surface area contributed by atoms with Crippen LogP contribution in [0, 0.1) is 5.92 Å². The van der Waals surface area contributed by atoms with Crippen LogP contribution >= 0.6 is 23.2 Å². The molecule has 2 amide bonds. The molecule has 0 radical (unpaired) electrons. The molecule has 0 saturated carbocycles. The minimum atomic E-state index is -0.499. The van der Waals surface area contributed by atoms with E-state index in [1.54, 1.807) is 42.5 Å². The Balaban J connectivity index is 1.73. The van der Waals surface area contributed by atoms with Gasteiger partial charge in [-0.15, -0.1) is 0 Å². The summed E-state index contributed by atoms with van der Waals surface area (Å²) < 4.78 is 0. The average molecular weight is 391 g/mol. The molecule has 0 aromatic heterocycles. The standard InChI is InChI=1S/C19H16Cl2N2O3/c1-11(24)12-3-2-4-17(5-12)23-10-13(6-18(23)25)19(26)22-16-8-14(20)7-15(21)9-16/h2-5,7-9,13H,6,10H2,1H3,(H,22,26). The molecule has 1 heterocycles. The van der Waals surface area contributed by atoms with Crippen molar-refractivity contribution in [3.05, 3.63) is 58.1 Å². The molecule has 1 saturated heterocycles. The molecule has 26 heavy (non-hydrogen) atoms. The Morgan fingerprint density at radius 1 is 1.12 bits per heavy atom. The van der Waals surface area contributed by atoms with Crippen LogP contribution in [0.4, 0.5) is 11.4 Å². The molecule has 7 heteroatoms. The number of Topliss-reactive ketones (excluding diaryl/α,β-unsaturated/α-hetero) is 1. The maximum absolute atomic E-state index is 12.5. The first kappa shape index (κ1) is 18.4. The van der Waals surface area contributed by atoms with Gasteiger partial charge in [0.15, 0.2) is 5.78 Å². The molecule has 0 aliphatic carbocycles. The van der Waals surface area contributed by atoms with E-state index in [0.717, 1.165) is 0 Å². The van der Waals surface area contributed by atoms with E-state index in [4.69, 9.17) is 23.2 Å². The third kappa shape index (κ3) is 4.06. The number of anilines is 2. The van der Waals surface area contributed by atoms with Crippen LogP contribution in [0.2, 0.25) is 10.0 Å². The molecule has 134 valence electrons. The summed E-state index contributed by atoms with van der Waals surface area (Å²) >= 11 is 11.9. The number of nitrogens with one attached hydrogen (secondary N) is 1. The summed E-state index contributed by atoms with van der Waals surface area (Å²) in [5, 5.41) is 3.58. The first-order valence-electron chi connectivity index (χ1n) is 8.02. The van der Waals surface area contributed by atoms with Gasteiger partial charge in [-0.25, -0.2) is 0 Å². The van der Waals surface area contributed by atoms with Crippen LogP contribution in [0.5, 0.6) is 0 Å². The third-order valence-corrected chi connectivity index (χ3v) is 4.63. The lowest BCUT2D eigenvalue weighted by Gasteiger charge is -2.17. The molecule has 1 fully saturated rings. The van der Waals surface area contributed by atoms with Crippen molar-refractivity contribution in [3.8, 4) is 0 Å². The molecule has 2 aromatic rings. The highest BCUT2D eigenvalue weighted by Crippen LogP contribution is 2.28. The number of hydrogen-bond acceptors (Lipinski definition) is 3. The molecular weight excluding hydrogens is 375 g/mol. The van der Waals surface area contributed by atoms with Crippen molar-refractivity contribution in [2.45, 2.75) is 13.3 Å². The zero-order valence-electron chi connectivity index (χ0n) is 14.0. The smallest absolute Gasteiger partial charge is 0.229 e. The summed E-state index contributed by atoms with van der Waals surface area (Å²) in [7, 11) is 0. The average Bonchev–Trinajstić information content (AvgIpc) is 2.96. The fourth-order valence-corrected chi connectivity index (χ4v) is 3.42. The quantitative estimate of drug-likeness (QED) is 0.795. The van der Waals surface area contributed by atoms with Crippen molar-refractivity contribution in [2.24, 2.45) is 5.92 Å². The van der Waals surface area contributed by atoms with Gasteiger partial charge in [0.05, 0.1) is 5.92 Å². The van der Waals surface area contributed by atoms with Crippen LogP contribution in [0.15, 0.2) is 42.5 Å². The summed E-state index contributed by atoms with van der Waals surface area (Å²) in [5.74, 6) is -1.01. The second-order valence-corrected chi connectivity index (χ2v) is 7.03. The van der Waals surface area contributed by atoms with E-state index >= 15 is 0 Å². The lowest BCUT2D eigenvalue weighted by atomic mass is 10.1. The molecule has 1 atom stereocenters. The van der Waals surface area contributed by atoms with E-state index in [-0.39, 0.29) is 30.6 Å². The van der Waals surface area contributed by atoms with E-state index in [0.29, 0.717) is 27.0 Å². The van der Waals surface area contributed by atoms with Crippen molar-refractivity contribution in [3.63, 3.8) is 0 Å². The maximum Gasteiger partial charge on any atom is 0.229 e. The van der Waals surface area contributed by atoms with Crippen molar-refractivity contribution in [1.29, 1.82) is 0 Å². The maximum atomic E-state index is 12.5. The number of amides is 2. The summed E-state index contributed by atoms with van der Waals surface area (Å²) in [5.41, 5.74) is 1.62. The lowest BCUT2D eigenvalue weighted by molar-refractivity contribution is -0.122. The predicted molar refractivity (Wildman–Crippen MR) is 102 cm³/mol. The first-order chi connectivity index (χ1) is 12.3. The second kappa shape index (κ2) is 7.48. The number of rotatable bonds is 4. The number of ketones is 1. The van der Waals surface area contributed by atoms with Crippen LogP contribution in [0.25, 0.3) is 0 Å². The second-order valence-electron chi connectivity index (χ2n) is 6.16. The first-order valence-corrected chi connectivity index (χ1v) is 8.77. The molecular formula is C19H16Cl2N2O3. The molecule has 1 N–H and O–H groups in total. The van der Waals surface area contributed by atoms with Crippen LogP contribution in [-0.2, 0) is 9.59 Å². The van der Waals surface area contributed by atoms with Gasteiger partial charge in [0.1, 0.15) is 0 Å². The van der Waals surface area contributed by atoms with E-state index < -0.39 is 5.92 Å². The Hall–Kier alpha value is -2.37. The molecule has 2 aromatic carbocycles. The van der Waals surface area contributed by atoms with E-state index in [2.05, 4.69) is 5.32 Å². The highest BCUT2D eigenvalue weighted by Gasteiger charge is 2.35. The van der Waals surface area contributed by atoms with Gasteiger partial charge in [-0.3, -0.25) is 14.4 Å². The summed E-state index contributed by atoms with van der Waals surface area (Å²) in [6.45, 7) is 1.72. The van der Waals surface area contributed by atoms with Crippen molar-refractivity contribution < 1.29 is 14.4 Å². The fraction of sp³-hybridized carbons (Fsp3) is 0.211. The number of nitrogens with zero attached hydrogens (tertiary/aromatic N) is 1. The SMILES string of the molecule is CC(=O)c1cccc(N2CC(C(=O)Nc3cc(Cl)cc(Cl)c3)CC2=O)c1. The Kier molecular flexibility index (Phi) is 5.30. The summed E-state index contributed by atoms with van der Waals surface area (Å²) in [6.07, 6.45) is 0.102. The van der Waals surface area contributed by atoms with Crippen LogP contribution in [0.3, 0.4) is 0 Å². The zero-order chi connectivity index (χ0) is 18.8. The van der Waals surface area contributed by atoms with Gasteiger partial charge < -0.3 is 10.2 Å². The van der Waals surface area contributed by atoms with Crippen molar-refractivity contribution in [2.75, 3.05) is 16.8 Å². The number of halogens is 2. The minimum Gasteiger partial charge on any atom is -0.326 e. The molecule has 5 nitrogen and oxygen atoms in total. The van der Waals surface area contributed by atoms with Crippen LogP contribution in [-0.4, -0.2) is 24.1 Å². The van der Waals surface area contributed by atoms with E-state index in [1.807, 2.05) is 0 Å². The molecule has 1 aliphatic rings. The molecule has 1 aliphatic heterocycles. The van der Waals surface area contributed by atoms with Gasteiger partial charge >= 0.3 is 0 Å². The highest BCUT2D eigenvalue weighted by atomic mass is 35.5. The Labute approximate surface area is 160 Å². The molecule has 3 rings (SSSR count). The largest absolute Gasteiger partial charge is 0.326 e.